The first kappa shape index (κ1) is 18.8. The van der Waals surface area contributed by atoms with Gasteiger partial charge in [0.25, 0.3) is 5.91 Å². The quantitative estimate of drug-likeness (QED) is 0.518. The summed E-state index contributed by atoms with van der Waals surface area (Å²) in [6.45, 7) is 0.527. The Balaban J connectivity index is 1.48. The van der Waals surface area contributed by atoms with Crippen LogP contribution in [-0.4, -0.2) is 35.7 Å². The molecule has 3 aromatic heterocycles. The van der Waals surface area contributed by atoms with Crippen molar-refractivity contribution in [3.05, 3.63) is 82.7 Å². The Hall–Kier alpha value is -4.19. The van der Waals surface area contributed by atoms with Crippen molar-refractivity contribution in [2.24, 2.45) is 5.73 Å². The molecule has 1 atom stereocenters. The predicted octanol–water partition coefficient (Wildman–Crippen LogP) is 2.08. The van der Waals surface area contributed by atoms with Crippen LogP contribution < -0.4 is 5.73 Å². The van der Waals surface area contributed by atoms with Crippen molar-refractivity contribution in [2.45, 2.75) is 31.7 Å². The summed E-state index contributed by atoms with van der Waals surface area (Å²) in [4.78, 5) is 12.0. The van der Waals surface area contributed by atoms with Crippen molar-refractivity contribution < 1.29 is 4.79 Å². The Labute approximate surface area is 178 Å². The third kappa shape index (κ3) is 3.48. The standard InChI is InChI=1S/C22H20N8O/c23-8-14-2-1-3-15(6-14)12-29-13-18(11-27-29)30-20-7-16(17-9-25-26-10-17)4-5-19(20)21(28-30)22(24)31/h1-3,6,9-11,13,16H,4-5,7,12H2,(H2,24,31)(H,25,26). The number of hydrogen-bond donors (Lipinski definition) is 2. The molecule has 3 heterocycles. The van der Waals surface area contributed by atoms with Gasteiger partial charge in [0.05, 0.1) is 36.8 Å². The Kier molecular flexibility index (Phi) is 4.59. The van der Waals surface area contributed by atoms with Crippen LogP contribution in [0.4, 0.5) is 0 Å². The molecule has 0 spiro atoms. The van der Waals surface area contributed by atoms with E-state index < -0.39 is 5.91 Å². The third-order valence-corrected chi connectivity index (χ3v) is 5.76. The summed E-state index contributed by atoms with van der Waals surface area (Å²) in [6, 6.07) is 9.59. The van der Waals surface area contributed by atoms with Crippen LogP contribution in [0, 0.1) is 11.3 Å². The van der Waals surface area contributed by atoms with Gasteiger partial charge >= 0.3 is 0 Å². The number of nitrogens with two attached hydrogens (primary N) is 1. The Morgan fingerprint density at radius 1 is 1.35 bits per heavy atom. The zero-order chi connectivity index (χ0) is 21.4. The number of carbonyl (C=O) groups is 1. The molecule has 3 N–H and O–H groups in total. The van der Waals surface area contributed by atoms with Gasteiger partial charge in [-0.05, 0) is 48.4 Å². The van der Waals surface area contributed by atoms with E-state index in [1.807, 2.05) is 36.8 Å². The predicted molar refractivity (Wildman–Crippen MR) is 111 cm³/mol. The Bertz CT molecular complexity index is 1290. The topological polar surface area (TPSA) is 131 Å². The minimum absolute atomic E-state index is 0.297. The molecule has 5 rings (SSSR count). The molecular weight excluding hydrogens is 392 g/mol. The fraction of sp³-hybridized carbons (Fsp3) is 0.227. The molecule has 1 unspecified atom stereocenters. The van der Waals surface area contributed by atoms with Crippen molar-refractivity contribution in [1.82, 2.24) is 29.8 Å². The van der Waals surface area contributed by atoms with E-state index in [2.05, 4.69) is 26.5 Å². The number of hydrogen-bond acceptors (Lipinski definition) is 5. The molecule has 1 aliphatic rings. The highest BCUT2D eigenvalue weighted by Crippen LogP contribution is 2.35. The van der Waals surface area contributed by atoms with Crippen molar-refractivity contribution in [2.75, 3.05) is 0 Å². The number of H-pyrrole nitrogens is 1. The van der Waals surface area contributed by atoms with Crippen LogP contribution in [0.25, 0.3) is 5.69 Å². The van der Waals surface area contributed by atoms with Crippen LogP contribution in [0.5, 0.6) is 0 Å². The molecule has 0 radical (unpaired) electrons. The van der Waals surface area contributed by atoms with Crippen LogP contribution in [0.1, 0.15) is 50.8 Å². The molecule has 31 heavy (non-hydrogen) atoms. The average Bonchev–Trinajstić information content (AvgIpc) is 3.53. The molecule has 0 bridgehead atoms. The van der Waals surface area contributed by atoms with Gasteiger partial charge in [0, 0.05) is 17.5 Å². The molecule has 1 aromatic carbocycles. The number of nitrogens with zero attached hydrogens (tertiary/aromatic N) is 6. The number of benzene rings is 1. The number of aromatic nitrogens is 6. The number of nitriles is 1. The molecular formula is C22H20N8O. The number of aromatic amines is 1. The molecule has 0 saturated carbocycles. The highest BCUT2D eigenvalue weighted by atomic mass is 16.1. The molecule has 9 nitrogen and oxygen atoms in total. The van der Waals surface area contributed by atoms with Crippen molar-refractivity contribution >= 4 is 5.91 Å². The number of primary amides is 1. The lowest BCUT2D eigenvalue weighted by Crippen LogP contribution is -2.17. The molecule has 0 fully saturated rings. The fourth-order valence-corrected chi connectivity index (χ4v) is 4.27. The number of carbonyl (C=O) groups excluding carboxylic acids is 1. The number of fused-ring (bicyclic) bond motifs is 1. The summed E-state index contributed by atoms with van der Waals surface area (Å²) in [5.41, 5.74) is 11.4. The summed E-state index contributed by atoms with van der Waals surface area (Å²) in [6.07, 6.45) is 9.76. The van der Waals surface area contributed by atoms with E-state index in [1.165, 1.54) is 0 Å². The second-order valence-corrected chi connectivity index (χ2v) is 7.73. The van der Waals surface area contributed by atoms with Crippen LogP contribution in [0.3, 0.4) is 0 Å². The SMILES string of the molecule is N#Cc1cccc(Cn2cc(-n3nc(C(N)=O)c4c3CC(c3cn[nH]c3)CC4)cn2)c1. The lowest BCUT2D eigenvalue weighted by molar-refractivity contribution is 0.0994. The van der Waals surface area contributed by atoms with Gasteiger partial charge in [-0.1, -0.05) is 12.1 Å². The largest absolute Gasteiger partial charge is 0.364 e. The van der Waals surface area contributed by atoms with E-state index in [0.717, 1.165) is 47.3 Å². The van der Waals surface area contributed by atoms with E-state index >= 15 is 0 Å². The Morgan fingerprint density at radius 2 is 2.26 bits per heavy atom. The maximum Gasteiger partial charge on any atom is 0.269 e. The minimum atomic E-state index is -0.516. The van der Waals surface area contributed by atoms with Crippen LogP contribution in [0.2, 0.25) is 0 Å². The molecule has 0 saturated heterocycles. The van der Waals surface area contributed by atoms with Gasteiger partial charge in [0.15, 0.2) is 5.69 Å². The maximum atomic E-state index is 12.0. The van der Waals surface area contributed by atoms with Crippen LogP contribution in [-0.2, 0) is 19.4 Å². The zero-order valence-corrected chi connectivity index (χ0v) is 16.7. The molecule has 4 aromatic rings. The molecule has 154 valence electrons. The highest BCUT2D eigenvalue weighted by Gasteiger charge is 2.30. The Morgan fingerprint density at radius 3 is 3.03 bits per heavy atom. The number of amides is 1. The third-order valence-electron chi connectivity index (χ3n) is 5.76. The van der Waals surface area contributed by atoms with E-state index in [-0.39, 0.29) is 0 Å². The van der Waals surface area contributed by atoms with E-state index in [0.29, 0.717) is 23.7 Å². The van der Waals surface area contributed by atoms with Gasteiger partial charge in [-0.3, -0.25) is 14.6 Å². The maximum absolute atomic E-state index is 12.0. The lowest BCUT2D eigenvalue weighted by atomic mass is 9.83. The van der Waals surface area contributed by atoms with Gasteiger partial charge in [0.2, 0.25) is 0 Å². The van der Waals surface area contributed by atoms with E-state index in [4.69, 9.17) is 11.0 Å². The summed E-state index contributed by atoms with van der Waals surface area (Å²) in [7, 11) is 0. The molecule has 9 heteroatoms. The first-order chi connectivity index (χ1) is 15.1. The second kappa shape index (κ2) is 7.57. The monoisotopic (exact) mass is 412 g/mol. The first-order valence-electron chi connectivity index (χ1n) is 10.0. The summed E-state index contributed by atoms with van der Waals surface area (Å²) in [5.74, 6) is -0.219. The van der Waals surface area contributed by atoms with Crippen molar-refractivity contribution in [3.63, 3.8) is 0 Å². The van der Waals surface area contributed by atoms with Gasteiger partial charge in [0.1, 0.15) is 5.69 Å². The normalized spacial score (nSPS) is 15.4. The summed E-state index contributed by atoms with van der Waals surface area (Å²) >= 11 is 0. The van der Waals surface area contributed by atoms with E-state index in [9.17, 15) is 4.79 Å². The van der Waals surface area contributed by atoms with Crippen LogP contribution >= 0.6 is 0 Å². The lowest BCUT2D eigenvalue weighted by Gasteiger charge is -2.22. The average molecular weight is 412 g/mol. The van der Waals surface area contributed by atoms with Gasteiger partial charge in [-0.15, -0.1) is 0 Å². The fourth-order valence-electron chi connectivity index (χ4n) is 4.27. The molecule has 1 aliphatic carbocycles. The van der Waals surface area contributed by atoms with Crippen molar-refractivity contribution in [3.8, 4) is 11.8 Å². The second-order valence-electron chi connectivity index (χ2n) is 7.73. The minimum Gasteiger partial charge on any atom is -0.364 e. The zero-order valence-electron chi connectivity index (χ0n) is 16.7. The van der Waals surface area contributed by atoms with Crippen molar-refractivity contribution in [1.29, 1.82) is 5.26 Å². The molecule has 1 amide bonds. The molecule has 0 aliphatic heterocycles. The smallest absolute Gasteiger partial charge is 0.269 e. The van der Waals surface area contributed by atoms with Gasteiger partial charge in [-0.2, -0.15) is 20.6 Å². The number of nitrogens with one attached hydrogen (secondary N) is 1. The summed E-state index contributed by atoms with van der Waals surface area (Å²) < 4.78 is 3.58. The highest BCUT2D eigenvalue weighted by molar-refractivity contribution is 5.92. The van der Waals surface area contributed by atoms with Gasteiger partial charge < -0.3 is 5.73 Å². The number of rotatable bonds is 5. The van der Waals surface area contributed by atoms with Crippen LogP contribution in [0.15, 0.2) is 49.1 Å². The summed E-state index contributed by atoms with van der Waals surface area (Å²) in [5, 5.41) is 25.1. The van der Waals surface area contributed by atoms with Gasteiger partial charge in [-0.25, -0.2) is 4.68 Å². The van der Waals surface area contributed by atoms with E-state index in [1.54, 1.807) is 21.6 Å². The first-order valence-corrected chi connectivity index (χ1v) is 10.0.